The largest absolute Gasteiger partial charge is 0.540 e. The van der Waals surface area contributed by atoms with Gasteiger partial charge in [0, 0.05) is 16.8 Å². The minimum absolute atomic E-state index is 0.0788. The Balaban J connectivity index is 2.34. The van der Waals surface area contributed by atoms with Gasteiger partial charge in [0.2, 0.25) is 5.82 Å². The molecule has 0 aromatic heterocycles. The predicted octanol–water partition coefficient (Wildman–Crippen LogP) is 9.25. The van der Waals surface area contributed by atoms with E-state index in [2.05, 4.69) is 0 Å². The molecule has 0 unspecified atom stereocenters. The molecule has 4 rings (SSSR count). The number of rotatable bonds is 5. The molecule has 0 aliphatic rings. The van der Waals surface area contributed by atoms with Crippen LogP contribution in [0.3, 0.4) is 0 Å². The second-order valence-electron chi connectivity index (χ2n) is 9.72. The van der Waals surface area contributed by atoms with Crippen molar-refractivity contribution in [2.24, 2.45) is 0 Å². The van der Waals surface area contributed by atoms with E-state index in [1.165, 1.54) is 0 Å². The second kappa shape index (κ2) is 8.21. The zero-order valence-electron chi connectivity index (χ0n) is 19.7. The third-order valence-electron chi connectivity index (χ3n) is 7.07. The predicted molar refractivity (Wildman–Crippen MR) is 121 cm³/mol. The zero-order valence-corrected chi connectivity index (χ0v) is 20.7. The Morgan fingerprint density at radius 1 is 0.486 bits per heavy atom. The van der Waals surface area contributed by atoms with Gasteiger partial charge in [0.1, 0.15) is 11.6 Å². The van der Waals surface area contributed by atoms with Gasteiger partial charge in [0.25, 0.3) is 8.32 Å². The van der Waals surface area contributed by atoms with Crippen molar-refractivity contribution < 1.29 is 39.5 Å². The summed E-state index contributed by atoms with van der Waals surface area (Å²) in [5.41, 5.74) is -0.665. The lowest BCUT2D eigenvalue weighted by molar-refractivity contribution is 0.424. The molecule has 188 valence electrons. The van der Waals surface area contributed by atoms with E-state index in [0.29, 0.717) is 0 Å². The average Bonchev–Trinajstić information content (AvgIpc) is 2.75. The van der Waals surface area contributed by atoms with E-state index in [0.717, 1.165) is 0 Å². The van der Waals surface area contributed by atoms with Crippen molar-refractivity contribution in [3.8, 4) is 5.75 Å². The summed E-state index contributed by atoms with van der Waals surface area (Å²) < 4.78 is 126. The van der Waals surface area contributed by atoms with Crippen LogP contribution in [0.2, 0.25) is 16.6 Å². The molecule has 0 aliphatic carbocycles. The molecular weight excluding hydrogens is 496 g/mol. The summed E-state index contributed by atoms with van der Waals surface area (Å²) in [5, 5.41) is -6.63. The third-order valence-corrected chi connectivity index (χ3v) is 13.0. The lowest BCUT2D eigenvalue weighted by Crippen LogP contribution is -2.51. The molecular formula is C25H22F8OSi. The maximum Gasteiger partial charge on any atom is 0.258 e. The van der Waals surface area contributed by atoms with Crippen molar-refractivity contribution in [2.45, 2.75) is 58.2 Å². The standard InChI is InChI=1S/C25H22F8OSi/c1-8(2)35(9(3)4,10(5)6)34-25-18-16-15-13(19(28)21(30)17(16)22(31)24(25)33)11(26)7-12(27)14(15)20(29)23(18)32/h7-10H,1-6H3. The molecule has 0 atom stereocenters. The minimum atomic E-state index is -3.14. The number of benzene rings is 4. The Hall–Kier alpha value is -2.62. The van der Waals surface area contributed by atoms with Crippen molar-refractivity contribution in [3.05, 3.63) is 52.6 Å². The Bertz CT molecular complexity index is 1450. The molecule has 0 bridgehead atoms. The lowest BCUT2D eigenvalue weighted by Gasteiger charge is -2.42. The fourth-order valence-electron chi connectivity index (χ4n) is 5.70. The van der Waals surface area contributed by atoms with Crippen LogP contribution in [0, 0.1) is 46.5 Å². The third kappa shape index (κ3) is 3.17. The summed E-state index contributed by atoms with van der Waals surface area (Å²) in [5.74, 6) is -15.7. The van der Waals surface area contributed by atoms with Crippen molar-refractivity contribution in [2.75, 3.05) is 0 Å². The molecule has 0 aliphatic heterocycles. The van der Waals surface area contributed by atoms with E-state index in [9.17, 15) is 17.6 Å². The minimum Gasteiger partial charge on any atom is -0.540 e. The first-order chi connectivity index (χ1) is 16.2. The van der Waals surface area contributed by atoms with Crippen LogP contribution in [0.25, 0.3) is 32.3 Å². The summed E-state index contributed by atoms with van der Waals surface area (Å²) in [7, 11) is -3.14. The molecule has 35 heavy (non-hydrogen) atoms. The van der Waals surface area contributed by atoms with E-state index >= 15 is 17.6 Å². The zero-order chi connectivity index (χ0) is 26.3. The molecule has 0 fully saturated rings. The van der Waals surface area contributed by atoms with Crippen LogP contribution in [-0.2, 0) is 0 Å². The van der Waals surface area contributed by atoms with Crippen molar-refractivity contribution in [1.82, 2.24) is 0 Å². The number of hydrogen-bond acceptors (Lipinski definition) is 1. The van der Waals surface area contributed by atoms with Crippen molar-refractivity contribution in [1.29, 1.82) is 0 Å². The fourth-order valence-corrected chi connectivity index (χ4v) is 10.9. The molecule has 0 N–H and O–H groups in total. The highest BCUT2D eigenvalue weighted by Crippen LogP contribution is 2.50. The topological polar surface area (TPSA) is 9.23 Å². The van der Waals surface area contributed by atoms with Gasteiger partial charge in [-0.05, 0) is 16.6 Å². The number of halogens is 8. The van der Waals surface area contributed by atoms with Crippen molar-refractivity contribution in [3.63, 3.8) is 0 Å². The maximum absolute atomic E-state index is 15.5. The Morgan fingerprint density at radius 3 is 1.26 bits per heavy atom. The van der Waals surface area contributed by atoms with Crippen LogP contribution in [-0.4, -0.2) is 8.32 Å². The van der Waals surface area contributed by atoms with Crippen LogP contribution in [0.5, 0.6) is 5.75 Å². The summed E-state index contributed by atoms with van der Waals surface area (Å²) in [6, 6.07) is 0.0788. The molecule has 4 aromatic carbocycles. The van der Waals surface area contributed by atoms with Crippen LogP contribution in [0.1, 0.15) is 41.5 Å². The summed E-state index contributed by atoms with van der Waals surface area (Å²) in [4.78, 5) is 0. The quantitative estimate of drug-likeness (QED) is 0.145. The van der Waals surface area contributed by atoms with Gasteiger partial charge in [-0.15, -0.1) is 0 Å². The van der Waals surface area contributed by atoms with Gasteiger partial charge in [-0.1, -0.05) is 41.5 Å². The van der Waals surface area contributed by atoms with Crippen LogP contribution < -0.4 is 4.43 Å². The maximum atomic E-state index is 15.5. The normalized spacial score (nSPS) is 13.1. The Morgan fingerprint density at radius 2 is 0.829 bits per heavy atom. The highest BCUT2D eigenvalue weighted by molar-refractivity contribution is 6.78. The molecule has 0 radical (unpaired) electrons. The van der Waals surface area contributed by atoms with E-state index in [1.54, 1.807) is 41.5 Å². The second-order valence-corrected chi connectivity index (χ2v) is 15.1. The highest BCUT2D eigenvalue weighted by atomic mass is 28.4. The van der Waals surface area contributed by atoms with Crippen molar-refractivity contribution >= 4 is 40.6 Å². The summed E-state index contributed by atoms with van der Waals surface area (Å²) in [6.07, 6.45) is 0. The first kappa shape index (κ1) is 25.5. The van der Waals surface area contributed by atoms with Crippen LogP contribution >= 0.6 is 0 Å². The van der Waals surface area contributed by atoms with E-state index in [-0.39, 0.29) is 22.7 Å². The molecule has 0 saturated carbocycles. The molecule has 0 saturated heterocycles. The monoisotopic (exact) mass is 518 g/mol. The van der Waals surface area contributed by atoms with Gasteiger partial charge in [0.15, 0.2) is 34.8 Å². The smallest absolute Gasteiger partial charge is 0.258 e. The van der Waals surface area contributed by atoms with E-state index in [1.807, 2.05) is 0 Å². The Kier molecular flexibility index (Phi) is 5.98. The van der Waals surface area contributed by atoms with Gasteiger partial charge in [0.05, 0.1) is 21.5 Å². The summed E-state index contributed by atoms with van der Waals surface area (Å²) in [6.45, 7) is 10.8. The molecule has 1 nitrogen and oxygen atoms in total. The molecule has 0 amide bonds. The molecule has 0 spiro atoms. The lowest BCUT2D eigenvalue weighted by atomic mass is 9.91. The average molecular weight is 519 g/mol. The SMILES string of the molecule is CC(C)[Si](Oc1c(F)c(F)c2c(F)c(F)c3c(F)cc(F)c4c(F)c(F)c1c2c34)(C(C)C)C(C)C. The van der Waals surface area contributed by atoms with Gasteiger partial charge >= 0.3 is 0 Å². The van der Waals surface area contributed by atoms with E-state index in [4.69, 9.17) is 4.43 Å². The summed E-state index contributed by atoms with van der Waals surface area (Å²) >= 11 is 0. The van der Waals surface area contributed by atoms with Gasteiger partial charge in [-0.2, -0.15) is 4.39 Å². The van der Waals surface area contributed by atoms with Crippen LogP contribution in [0.15, 0.2) is 6.07 Å². The first-order valence-electron chi connectivity index (χ1n) is 11.1. The van der Waals surface area contributed by atoms with Gasteiger partial charge in [-0.3, -0.25) is 0 Å². The van der Waals surface area contributed by atoms with Crippen LogP contribution in [0.4, 0.5) is 35.1 Å². The Labute approximate surface area is 197 Å². The molecule has 4 aromatic rings. The van der Waals surface area contributed by atoms with Gasteiger partial charge < -0.3 is 4.43 Å². The van der Waals surface area contributed by atoms with Gasteiger partial charge in [-0.25, -0.2) is 30.7 Å². The molecule has 10 heteroatoms. The fraction of sp³-hybridized carbons (Fsp3) is 0.360. The highest BCUT2D eigenvalue weighted by Gasteiger charge is 2.48. The number of hydrogen-bond donors (Lipinski definition) is 0. The van der Waals surface area contributed by atoms with E-state index < -0.39 is 92.9 Å². The first-order valence-corrected chi connectivity index (χ1v) is 13.2. The molecule has 0 heterocycles.